The van der Waals surface area contributed by atoms with Crippen LogP contribution in [0.1, 0.15) is 21.7 Å². The van der Waals surface area contributed by atoms with Crippen LogP contribution >= 0.6 is 24.0 Å². The Morgan fingerprint density at radius 2 is 2.00 bits per heavy atom. The molecule has 0 aliphatic carbocycles. The molecule has 0 saturated carbocycles. The summed E-state index contributed by atoms with van der Waals surface area (Å²) in [4.78, 5) is 24.5. The van der Waals surface area contributed by atoms with Crippen LogP contribution in [0, 0.1) is 12.7 Å². The maximum absolute atomic E-state index is 14.2. The molecule has 0 radical (unpaired) electrons. The van der Waals surface area contributed by atoms with Gasteiger partial charge in [-0.2, -0.15) is 0 Å². The highest BCUT2D eigenvalue weighted by Crippen LogP contribution is 2.34. The van der Waals surface area contributed by atoms with E-state index in [9.17, 15) is 19.1 Å². The maximum Gasteiger partial charge on any atom is 0.337 e. The topological polar surface area (TPSA) is 82.8 Å². The number of para-hydroxylation sites is 1. The van der Waals surface area contributed by atoms with Gasteiger partial charge in [-0.05, 0) is 61.1 Å². The molecule has 3 aromatic rings. The van der Waals surface area contributed by atoms with Gasteiger partial charge in [-0.3, -0.25) is 10.2 Å². The number of aryl methyl sites for hydroxylation is 1. The second kappa shape index (κ2) is 8.37. The van der Waals surface area contributed by atoms with Gasteiger partial charge in [0.15, 0.2) is 4.32 Å². The zero-order valence-corrected chi connectivity index (χ0v) is 17.7. The average Bonchev–Trinajstić information content (AvgIpc) is 3.28. The van der Waals surface area contributed by atoms with E-state index in [1.54, 1.807) is 49.4 Å². The Hall–Kier alpha value is -3.43. The molecule has 4 rings (SSSR count). The van der Waals surface area contributed by atoms with Crippen LogP contribution in [0.4, 0.5) is 10.1 Å². The third-order valence-electron chi connectivity index (χ3n) is 4.47. The minimum absolute atomic E-state index is 0.0105. The summed E-state index contributed by atoms with van der Waals surface area (Å²) in [6.07, 6.45) is 1.51. The van der Waals surface area contributed by atoms with Gasteiger partial charge in [0, 0.05) is 6.08 Å². The van der Waals surface area contributed by atoms with Crippen LogP contribution in [0.5, 0.6) is 0 Å². The van der Waals surface area contributed by atoms with E-state index in [0.29, 0.717) is 17.1 Å². The molecule has 2 aromatic carbocycles. The Bertz CT molecular complexity index is 1250. The van der Waals surface area contributed by atoms with Crippen molar-refractivity contribution in [2.24, 2.45) is 0 Å². The molecule has 0 spiro atoms. The van der Waals surface area contributed by atoms with Crippen LogP contribution in [0.25, 0.3) is 17.4 Å². The number of furan rings is 1. The van der Waals surface area contributed by atoms with E-state index in [4.69, 9.17) is 16.6 Å². The molecule has 1 aliphatic rings. The Morgan fingerprint density at radius 1 is 1.23 bits per heavy atom. The van der Waals surface area contributed by atoms with Crippen LogP contribution in [0.15, 0.2) is 63.9 Å². The molecule has 1 fully saturated rings. The summed E-state index contributed by atoms with van der Waals surface area (Å²) in [5.74, 6) is -1.27. The smallest absolute Gasteiger partial charge is 0.337 e. The monoisotopic (exact) mass is 454 g/mol. The number of nitrogens with one attached hydrogen (secondary N) is 1. The molecule has 1 aromatic heterocycles. The molecule has 9 heteroatoms. The number of hydrogen-bond donors (Lipinski definition) is 2. The van der Waals surface area contributed by atoms with Gasteiger partial charge in [0.1, 0.15) is 17.3 Å². The van der Waals surface area contributed by atoms with E-state index in [0.717, 1.165) is 22.3 Å². The molecule has 156 valence electrons. The fourth-order valence-electron chi connectivity index (χ4n) is 2.98. The van der Waals surface area contributed by atoms with Crippen LogP contribution in [-0.4, -0.2) is 26.3 Å². The van der Waals surface area contributed by atoms with E-state index in [2.05, 4.69) is 5.43 Å². The number of thiocarbonyl (C=S) groups is 1. The van der Waals surface area contributed by atoms with Gasteiger partial charge in [0.2, 0.25) is 0 Å². The van der Waals surface area contributed by atoms with Gasteiger partial charge in [-0.1, -0.05) is 30.0 Å². The van der Waals surface area contributed by atoms with Gasteiger partial charge in [0.05, 0.1) is 21.7 Å². The molecule has 2 N–H and O–H groups in total. The minimum Gasteiger partial charge on any atom is -0.478 e. The first kappa shape index (κ1) is 20.8. The SMILES string of the molecule is Cc1ccc(-c2ccc(C=C3SC(=S)N(Nc4ccccc4C(=O)O)C3=O)o2)c(F)c1. The van der Waals surface area contributed by atoms with Crippen molar-refractivity contribution in [1.29, 1.82) is 0 Å². The summed E-state index contributed by atoms with van der Waals surface area (Å²) >= 11 is 6.31. The zero-order valence-electron chi connectivity index (χ0n) is 16.1. The van der Waals surface area contributed by atoms with Crippen molar-refractivity contribution in [3.05, 3.63) is 82.2 Å². The van der Waals surface area contributed by atoms with Crippen molar-refractivity contribution in [2.75, 3.05) is 5.43 Å². The Kier molecular flexibility index (Phi) is 5.62. The van der Waals surface area contributed by atoms with Crippen molar-refractivity contribution in [3.8, 4) is 11.3 Å². The van der Waals surface area contributed by atoms with E-state index in [1.807, 2.05) is 0 Å². The number of carbonyl (C=O) groups is 2. The fraction of sp³-hybridized carbons (Fsp3) is 0.0455. The van der Waals surface area contributed by atoms with Crippen molar-refractivity contribution in [2.45, 2.75) is 6.92 Å². The summed E-state index contributed by atoms with van der Waals surface area (Å²) in [6, 6.07) is 14.3. The number of anilines is 1. The lowest BCUT2D eigenvalue weighted by Gasteiger charge is -2.18. The van der Waals surface area contributed by atoms with Crippen LogP contribution < -0.4 is 5.43 Å². The number of benzene rings is 2. The molecule has 1 aliphatic heterocycles. The van der Waals surface area contributed by atoms with Gasteiger partial charge in [0.25, 0.3) is 5.91 Å². The molecule has 1 saturated heterocycles. The molecule has 0 atom stereocenters. The van der Waals surface area contributed by atoms with Gasteiger partial charge < -0.3 is 9.52 Å². The predicted octanol–water partition coefficient (Wildman–Crippen LogP) is 5.32. The molecule has 6 nitrogen and oxygen atoms in total. The Morgan fingerprint density at radius 3 is 2.74 bits per heavy atom. The molecule has 2 heterocycles. The Labute approximate surface area is 186 Å². The minimum atomic E-state index is -1.13. The second-order valence-electron chi connectivity index (χ2n) is 6.66. The van der Waals surface area contributed by atoms with Crippen molar-refractivity contribution in [1.82, 2.24) is 5.01 Å². The highest BCUT2D eigenvalue weighted by Gasteiger charge is 2.33. The number of carboxylic acids is 1. The van der Waals surface area contributed by atoms with Crippen molar-refractivity contribution in [3.63, 3.8) is 0 Å². The number of amides is 1. The number of rotatable bonds is 5. The number of nitrogens with zero attached hydrogens (tertiary/aromatic N) is 1. The number of aromatic carboxylic acids is 1. The normalized spacial score (nSPS) is 15.0. The maximum atomic E-state index is 14.2. The largest absolute Gasteiger partial charge is 0.478 e. The summed E-state index contributed by atoms with van der Waals surface area (Å²) in [6.45, 7) is 1.80. The number of carbonyl (C=O) groups excluding carboxylic acids is 1. The second-order valence-corrected chi connectivity index (χ2v) is 8.34. The first-order valence-corrected chi connectivity index (χ1v) is 10.3. The molecular formula is C22H15FN2O4S2. The number of carboxylic acid groups (broad SMARTS) is 1. The number of hydrazine groups is 1. The predicted molar refractivity (Wildman–Crippen MR) is 121 cm³/mol. The standard InChI is InChI=1S/C22H15FN2O4S2/c1-12-6-8-14(16(23)10-12)18-9-7-13(29-18)11-19-20(26)25(22(30)31-19)24-17-5-3-2-4-15(17)21(27)28/h2-11,24H,1H3,(H,27,28). The molecule has 0 bridgehead atoms. The summed E-state index contributed by atoms with van der Waals surface area (Å²) in [5.41, 5.74) is 4.14. The third kappa shape index (κ3) is 4.23. The Balaban J connectivity index is 1.57. The lowest BCUT2D eigenvalue weighted by molar-refractivity contribution is -0.121. The first-order chi connectivity index (χ1) is 14.8. The van der Waals surface area contributed by atoms with Gasteiger partial charge in [-0.25, -0.2) is 14.2 Å². The zero-order chi connectivity index (χ0) is 22.1. The van der Waals surface area contributed by atoms with E-state index >= 15 is 0 Å². The fourth-order valence-corrected chi connectivity index (χ4v) is 4.14. The molecular weight excluding hydrogens is 439 g/mol. The highest BCUT2D eigenvalue weighted by molar-refractivity contribution is 8.26. The summed E-state index contributed by atoms with van der Waals surface area (Å²) in [5, 5.41) is 10.4. The third-order valence-corrected chi connectivity index (χ3v) is 5.78. The number of halogens is 1. The lowest BCUT2D eigenvalue weighted by Crippen LogP contribution is -2.34. The average molecular weight is 455 g/mol. The number of hydrogen-bond acceptors (Lipinski definition) is 6. The first-order valence-electron chi connectivity index (χ1n) is 9.07. The highest BCUT2D eigenvalue weighted by atomic mass is 32.2. The van der Waals surface area contributed by atoms with E-state index in [1.165, 1.54) is 18.2 Å². The summed E-state index contributed by atoms with van der Waals surface area (Å²) in [7, 11) is 0. The van der Waals surface area contributed by atoms with Crippen molar-refractivity contribution >= 4 is 51.9 Å². The van der Waals surface area contributed by atoms with Gasteiger partial charge in [-0.15, -0.1) is 0 Å². The lowest BCUT2D eigenvalue weighted by atomic mass is 10.1. The van der Waals surface area contributed by atoms with E-state index < -0.39 is 17.7 Å². The van der Waals surface area contributed by atoms with E-state index in [-0.39, 0.29) is 20.5 Å². The van der Waals surface area contributed by atoms with Crippen LogP contribution in [-0.2, 0) is 4.79 Å². The van der Waals surface area contributed by atoms with Crippen molar-refractivity contribution < 1.29 is 23.5 Å². The quantitative estimate of drug-likeness (QED) is 0.399. The van der Waals surface area contributed by atoms with Gasteiger partial charge >= 0.3 is 5.97 Å². The van der Waals surface area contributed by atoms with Crippen LogP contribution in [0.3, 0.4) is 0 Å². The molecule has 31 heavy (non-hydrogen) atoms. The number of thioether (sulfide) groups is 1. The van der Waals surface area contributed by atoms with Crippen LogP contribution in [0.2, 0.25) is 0 Å². The summed E-state index contributed by atoms with van der Waals surface area (Å²) < 4.78 is 20.1. The molecule has 1 amide bonds. The molecule has 0 unspecified atom stereocenters.